The summed E-state index contributed by atoms with van der Waals surface area (Å²) in [5.41, 5.74) is 2.47. The lowest BCUT2D eigenvalue weighted by atomic mass is 9.86. The van der Waals surface area contributed by atoms with Crippen LogP contribution in [0.15, 0.2) is 66.7 Å². The molecule has 0 unspecified atom stereocenters. The first-order valence-electron chi connectivity index (χ1n) is 12.9. The highest BCUT2D eigenvalue weighted by atomic mass is 19.4. The number of hydrogen-bond acceptors (Lipinski definition) is 3. The van der Waals surface area contributed by atoms with Gasteiger partial charge in [-0.1, -0.05) is 50.2 Å². The largest absolute Gasteiger partial charge is 0.487 e. The van der Waals surface area contributed by atoms with Gasteiger partial charge in [-0.15, -0.1) is 0 Å². The van der Waals surface area contributed by atoms with Crippen molar-refractivity contribution in [2.75, 3.05) is 6.54 Å². The van der Waals surface area contributed by atoms with Crippen LogP contribution in [-0.2, 0) is 30.4 Å². The van der Waals surface area contributed by atoms with Crippen molar-refractivity contribution in [3.05, 3.63) is 100 Å². The van der Waals surface area contributed by atoms with Crippen LogP contribution in [0.5, 0.6) is 5.75 Å². The third-order valence-corrected chi connectivity index (χ3v) is 7.05. The van der Waals surface area contributed by atoms with Crippen LogP contribution in [0.2, 0.25) is 0 Å². The van der Waals surface area contributed by atoms with Crippen molar-refractivity contribution in [3.8, 4) is 5.75 Å². The van der Waals surface area contributed by atoms with Gasteiger partial charge >= 0.3 is 12.1 Å². The van der Waals surface area contributed by atoms with Crippen molar-refractivity contribution in [1.29, 1.82) is 0 Å². The Bertz CT molecular complexity index is 1350. The fraction of sp³-hybridized carbons (Fsp3) is 0.355. The molecule has 0 spiro atoms. The molecule has 1 atom stereocenters. The fourth-order valence-corrected chi connectivity index (χ4v) is 4.91. The summed E-state index contributed by atoms with van der Waals surface area (Å²) < 4.78 is 45.8. The highest BCUT2D eigenvalue weighted by Crippen LogP contribution is 2.36. The summed E-state index contributed by atoms with van der Waals surface area (Å²) in [6, 6.07) is 18.1. The number of carboxylic acid groups (broad SMARTS) is 1. The van der Waals surface area contributed by atoms with Gasteiger partial charge in [-0.25, -0.2) is 0 Å². The van der Waals surface area contributed by atoms with Crippen molar-refractivity contribution >= 4 is 11.9 Å². The van der Waals surface area contributed by atoms with E-state index in [1.165, 1.54) is 23.3 Å². The number of carbonyl (C=O) groups is 2. The number of aliphatic carboxylic acids is 1. The van der Waals surface area contributed by atoms with Crippen molar-refractivity contribution in [2.45, 2.75) is 64.3 Å². The Labute approximate surface area is 226 Å². The Hall–Kier alpha value is -3.81. The Morgan fingerprint density at radius 2 is 1.74 bits per heavy atom. The van der Waals surface area contributed by atoms with Crippen LogP contribution < -0.4 is 4.74 Å². The van der Waals surface area contributed by atoms with Gasteiger partial charge in [-0.05, 0) is 78.3 Å². The van der Waals surface area contributed by atoms with Crippen LogP contribution in [-0.4, -0.2) is 34.0 Å². The van der Waals surface area contributed by atoms with Crippen LogP contribution in [0.25, 0.3) is 0 Å². The first kappa shape index (κ1) is 28.2. The molecule has 0 aliphatic carbocycles. The maximum absolute atomic E-state index is 13.3. The quantitative estimate of drug-likeness (QED) is 0.339. The summed E-state index contributed by atoms with van der Waals surface area (Å²) in [4.78, 5) is 25.8. The third-order valence-electron chi connectivity index (χ3n) is 7.05. The lowest BCUT2D eigenvalue weighted by Crippen LogP contribution is -2.39. The molecule has 0 aromatic heterocycles. The predicted octanol–water partition coefficient (Wildman–Crippen LogP) is 6.88. The molecule has 1 amide bonds. The first-order chi connectivity index (χ1) is 18.3. The van der Waals surface area contributed by atoms with Gasteiger partial charge in [0.1, 0.15) is 17.9 Å². The molecule has 5 nitrogen and oxygen atoms in total. The molecule has 4 rings (SSSR count). The number of aryl methyl sites for hydroxylation is 1. The summed E-state index contributed by atoms with van der Waals surface area (Å²) >= 11 is 0. The molecule has 206 valence electrons. The molecule has 0 radical (unpaired) electrons. The van der Waals surface area contributed by atoms with Gasteiger partial charge < -0.3 is 14.7 Å². The van der Waals surface area contributed by atoms with E-state index < -0.39 is 35.8 Å². The molecule has 1 heterocycles. The topological polar surface area (TPSA) is 66.8 Å². The molecule has 0 bridgehead atoms. The Morgan fingerprint density at radius 1 is 1.03 bits per heavy atom. The van der Waals surface area contributed by atoms with Gasteiger partial charge in [0, 0.05) is 18.5 Å². The van der Waals surface area contributed by atoms with Crippen molar-refractivity contribution in [1.82, 2.24) is 4.90 Å². The second kappa shape index (κ2) is 11.1. The second-order valence-corrected chi connectivity index (χ2v) is 10.7. The number of carboxylic acids is 1. The minimum absolute atomic E-state index is 0.193. The molecule has 0 saturated carbocycles. The molecule has 3 aromatic rings. The molecule has 0 fully saturated rings. The van der Waals surface area contributed by atoms with E-state index in [1.54, 1.807) is 18.2 Å². The molecule has 1 aliphatic heterocycles. The van der Waals surface area contributed by atoms with Crippen molar-refractivity contribution < 1.29 is 32.6 Å². The Balaban J connectivity index is 1.50. The fourth-order valence-electron chi connectivity index (χ4n) is 4.91. The van der Waals surface area contributed by atoms with E-state index in [-0.39, 0.29) is 17.7 Å². The molecule has 8 heteroatoms. The Morgan fingerprint density at radius 3 is 2.38 bits per heavy atom. The number of amides is 1. The lowest BCUT2D eigenvalue weighted by Gasteiger charge is -2.36. The highest BCUT2D eigenvalue weighted by Gasteiger charge is 2.33. The number of rotatable bonds is 8. The van der Waals surface area contributed by atoms with Gasteiger partial charge in [0.15, 0.2) is 0 Å². The number of nitrogens with zero attached hydrogens (tertiary/aromatic N) is 1. The molecule has 1 aliphatic rings. The number of benzene rings is 3. The van der Waals surface area contributed by atoms with Gasteiger partial charge in [-0.2, -0.15) is 13.2 Å². The summed E-state index contributed by atoms with van der Waals surface area (Å²) in [5, 5.41) is 9.36. The normalized spacial score (nSPS) is 16.9. The molecule has 0 saturated heterocycles. The highest BCUT2D eigenvalue weighted by molar-refractivity contribution is 5.96. The van der Waals surface area contributed by atoms with Gasteiger partial charge in [-0.3, -0.25) is 9.59 Å². The number of ether oxygens (including phenoxy) is 1. The average Bonchev–Trinajstić information content (AvgIpc) is 2.87. The minimum atomic E-state index is -4.54. The molecule has 39 heavy (non-hydrogen) atoms. The van der Waals surface area contributed by atoms with Crippen LogP contribution in [0, 0.1) is 0 Å². The lowest BCUT2D eigenvalue weighted by molar-refractivity contribution is -0.139. The SMILES string of the molecule is CC(C)c1ccc(C[C@@]2(C)CCc3cc(C(=O)N(CC(=O)O)Cc4cccc(C(F)(F)F)c4)ccc3O2)cc1. The van der Waals surface area contributed by atoms with Crippen LogP contribution >= 0.6 is 0 Å². The summed E-state index contributed by atoms with van der Waals surface area (Å²) in [5.74, 6) is -0.701. The number of fused-ring (bicyclic) bond motifs is 1. The first-order valence-corrected chi connectivity index (χ1v) is 12.9. The minimum Gasteiger partial charge on any atom is -0.487 e. The molecule has 1 N–H and O–H groups in total. The maximum atomic E-state index is 13.3. The third kappa shape index (κ3) is 6.99. The second-order valence-electron chi connectivity index (χ2n) is 10.7. The van der Waals surface area contributed by atoms with E-state index in [9.17, 15) is 27.9 Å². The average molecular weight is 540 g/mol. The summed E-state index contributed by atoms with van der Waals surface area (Å²) in [7, 11) is 0. The van der Waals surface area contributed by atoms with Crippen LogP contribution in [0.3, 0.4) is 0 Å². The Kier molecular flexibility index (Phi) is 8.04. The number of hydrogen-bond donors (Lipinski definition) is 1. The summed E-state index contributed by atoms with van der Waals surface area (Å²) in [6.07, 6.45) is -2.41. The number of halogens is 3. The maximum Gasteiger partial charge on any atom is 0.416 e. The zero-order valence-corrected chi connectivity index (χ0v) is 22.2. The van der Waals surface area contributed by atoms with Gasteiger partial charge in [0.2, 0.25) is 0 Å². The van der Waals surface area contributed by atoms with Crippen molar-refractivity contribution in [3.63, 3.8) is 0 Å². The standard InChI is InChI=1S/C31H32F3NO4/c1-20(2)23-9-7-21(8-10-23)17-30(3)14-13-24-16-25(11-12-27(24)39-30)29(38)35(19-28(36)37)18-22-5-4-6-26(15-22)31(32,33)34/h4-12,15-16,20H,13-14,17-19H2,1-3H3,(H,36,37)/t30-/m1/s1. The zero-order chi connectivity index (χ0) is 28.4. The van der Waals surface area contributed by atoms with Crippen LogP contribution in [0.1, 0.15) is 71.3 Å². The monoisotopic (exact) mass is 539 g/mol. The number of carbonyl (C=O) groups excluding carboxylic acids is 1. The van der Waals surface area contributed by atoms with E-state index in [0.29, 0.717) is 18.1 Å². The van der Waals surface area contributed by atoms with Gasteiger partial charge in [0.25, 0.3) is 5.91 Å². The molecular formula is C31H32F3NO4. The smallest absolute Gasteiger partial charge is 0.416 e. The van der Waals surface area contributed by atoms with E-state index >= 15 is 0 Å². The van der Waals surface area contributed by atoms with Crippen LogP contribution in [0.4, 0.5) is 13.2 Å². The van der Waals surface area contributed by atoms with Gasteiger partial charge in [0.05, 0.1) is 5.56 Å². The van der Waals surface area contributed by atoms with Crippen molar-refractivity contribution in [2.24, 2.45) is 0 Å². The van der Waals surface area contributed by atoms with E-state index in [2.05, 4.69) is 45.0 Å². The summed E-state index contributed by atoms with van der Waals surface area (Å²) in [6.45, 7) is 5.47. The number of alkyl halides is 3. The van der Waals surface area contributed by atoms with E-state index in [1.807, 2.05) is 0 Å². The molecular weight excluding hydrogens is 507 g/mol. The van der Waals surface area contributed by atoms with E-state index in [4.69, 9.17) is 4.74 Å². The predicted molar refractivity (Wildman–Crippen MR) is 142 cm³/mol. The zero-order valence-electron chi connectivity index (χ0n) is 22.2. The van der Waals surface area contributed by atoms with E-state index in [0.717, 1.165) is 35.4 Å². The molecule has 3 aromatic carbocycles.